The number of hydrogen-bond donors (Lipinski definition) is 5. The molecule has 5 heteroatoms. The first kappa shape index (κ1) is 14.8. The molecule has 92 valence electrons. The number of rotatable bonds is 11. The zero-order chi connectivity index (χ0) is 11.4. The van der Waals surface area contributed by atoms with Crippen molar-refractivity contribution >= 4 is 0 Å². The molecule has 5 nitrogen and oxygen atoms in total. The summed E-state index contributed by atoms with van der Waals surface area (Å²) in [6.45, 7) is 6.04. The SMILES string of the molecule is NCCCCNCCNCC(CN)CN. The van der Waals surface area contributed by atoms with Gasteiger partial charge in [-0.1, -0.05) is 0 Å². The Hall–Kier alpha value is -0.200. The van der Waals surface area contributed by atoms with Gasteiger partial charge in [0.1, 0.15) is 0 Å². The molecule has 0 atom stereocenters. The fourth-order valence-electron chi connectivity index (χ4n) is 1.27. The zero-order valence-electron chi connectivity index (χ0n) is 9.67. The van der Waals surface area contributed by atoms with Crippen molar-refractivity contribution in [2.45, 2.75) is 12.8 Å². The van der Waals surface area contributed by atoms with Gasteiger partial charge in [-0.15, -0.1) is 0 Å². The van der Waals surface area contributed by atoms with E-state index >= 15 is 0 Å². The van der Waals surface area contributed by atoms with Gasteiger partial charge in [0.2, 0.25) is 0 Å². The Morgan fingerprint density at radius 2 is 1.47 bits per heavy atom. The van der Waals surface area contributed by atoms with Crippen molar-refractivity contribution in [1.82, 2.24) is 10.6 Å². The monoisotopic (exact) mass is 217 g/mol. The molecule has 0 aromatic heterocycles. The van der Waals surface area contributed by atoms with E-state index in [4.69, 9.17) is 17.2 Å². The van der Waals surface area contributed by atoms with Crippen LogP contribution >= 0.6 is 0 Å². The number of unbranched alkanes of at least 4 members (excludes halogenated alkanes) is 1. The van der Waals surface area contributed by atoms with E-state index in [9.17, 15) is 0 Å². The number of nitrogens with two attached hydrogens (primary N) is 3. The van der Waals surface area contributed by atoms with Crippen LogP contribution in [0.3, 0.4) is 0 Å². The second-order valence-corrected chi connectivity index (χ2v) is 3.79. The first-order chi connectivity index (χ1) is 7.35. The molecule has 0 aromatic carbocycles. The fourth-order valence-corrected chi connectivity index (χ4v) is 1.27. The van der Waals surface area contributed by atoms with Gasteiger partial charge in [-0.25, -0.2) is 0 Å². The summed E-state index contributed by atoms with van der Waals surface area (Å²) in [4.78, 5) is 0. The molecule has 0 saturated carbocycles. The van der Waals surface area contributed by atoms with E-state index < -0.39 is 0 Å². The second kappa shape index (κ2) is 11.9. The summed E-state index contributed by atoms with van der Waals surface area (Å²) in [5, 5.41) is 6.68. The molecule has 0 rings (SSSR count). The standard InChI is InChI=1S/C10H27N5/c11-3-1-2-4-14-5-6-15-9-10(7-12)8-13/h10,14-15H,1-9,11-13H2. The highest BCUT2D eigenvalue weighted by molar-refractivity contribution is 4.64. The largest absolute Gasteiger partial charge is 0.330 e. The van der Waals surface area contributed by atoms with E-state index in [0.29, 0.717) is 19.0 Å². The summed E-state index contributed by atoms with van der Waals surface area (Å²) < 4.78 is 0. The Kier molecular flexibility index (Phi) is 11.7. The average Bonchev–Trinajstić information content (AvgIpc) is 2.27. The van der Waals surface area contributed by atoms with Crippen LogP contribution in [0, 0.1) is 5.92 Å². The van der Waals surface area contributed by atoms with Crippen LogP contribution in [0.2, 0.25) is 0 Å². The lowest BCUT2D eigenvalue weighted by atomic mass is 10.1. The highest BCUT2D eigenvalue weighted by Crippen LogP contribution is 1.85. The molecule has 0 saturated heterocycles. The van der Waals surface area contributed by atoms with Crippen molar-refractivity contribution in [2.75, 3.05) is 45.8 Å². The maximum absolute atomic E-state index is 5.53. The third-order valence-corrected chi connectivity index (χ3v) is 2.39. The summed E-state index contributed by atoms with van der Waals surface area (Å²) in [7, 11) is 0. The Balaban J connectivity index is 3.04. The van der Waals surface area contributed by atoms with Crippen LogP contribution in [0.5, 0.6) is 0 Å². The van der Waals surface area contributed by atoms with Crippen LogP contribution in [0.1, 0.15) is 12.8 Å². The van der Waals surface area contributed by atoms with Gasteiger partial charge >= 0.3 is 0 Å². The Morgan fingerprint density at radius 3 is 2.07 bits per heavy atom. The van der Waals surface area contributed by atoms with E-state index in [2.05, 4.69) is 10.6 Å². The maximum Gasteiger partial charge on any atom is 0.00768 e. The second-order valence-electron chi connectivity index (χ2n) is 3.79. The van der Waals surface area contributed by atoms with Crippen molar-refractivity contribution in [3.05, 3.63) is 0 Å². The van der Waals surface area contributed by atoms with Crippen LogP contribution in [-0.4, -0.2) is 45.8 Å². The van der Waals surface area contributed by atoms with E-state index in [-0.39, 0.29) is 0 Å². The molecular formula is C10H27N5. The predicted octanol–water partition coefficient (Wildman–Crippen LogP) is -1.56. The highest BCUT2D eigenvalue weighted by atomic mass is 14.9. The zero-order valence-corrected chi connectivity index (χ0v) is 9.67. The molecule has 0 heterocycles. The molecule has 0 unspecified atom stereocenters. The summed E-state index contributed by atoms with van der Waals surface area (Å²) in [5.74, 6) is 0.405. The minimum Gasteiger partial charge on any atom is -0.330 e. The van der Waals surface area contributed by atoms with Crippen LogP contribution in [0.15, 0.2) is 0 Å². The first-order valence-electron chi connectivity index (χ1n) is 5.86. The van der Waals surface area contributed by atoms with Gasteiger partial charge in [-0.05, 0) is 44.9 Å². The highest BCUT2D eigenvalue weighted by Gasteiger charge is 2.01. The lowest BCUT2D eigenvalue weighted by molar-refractivity contribution is 0.485. The van der Waals surface area contributed by atoms with E-state index in [0.717, 1.165) is 45.6 Å². The van der Waals surface area contributed by atoms with Gasteiger partial charge in [0.15, 0.2) is 0 Å². The Labute approximate surface area is 93.1 Å². The lowest BCUT2D eigenvalue weighted by Gasteiger charge is -2.13. The van der Waals surface area contributed by atoms with Crippen molar-refractivity contribution in [2.24, 2.45) is 23.1 Å². The van der Waals surface area contributed by atoms with Gasteiger partial charge in [0.25, 0.3) is 0 Å². The molecule has 0 aliphatic rings. The quantitative estimate of drug-likeness (QED) is 0.269. The van der Waals surface area contributed by atoms with E-state index in [1.807, 2.05) is 0 Å². The smallest absolute Gasteiger partial charge is 0.00768 e. The van der Waals surface area contributed by atoms with Gasteiger partial charge in [0, 0.05) is 19.6 Å². The van der Waals surface area contributed by atoms with Crippen molar-refractivity contribution in [3.8, 4) is 0 Å². The summed E-state index contributed by atoms with van der Waals surface area (Å²) >= 11 is 0. The van der Waals surface area contributed by atoms with Gasteiger partial charge in [-0.3, -0.25) is 0 Å². The van der Waals surface area contributed by atoms with Crippen LogP contribution in [0.4, 0.5) is 0 Å². The topological polar surface area (TPSA) is 102 Å². The molecule has 0 bridgehead atoms. The molecule has 0 amide bonds. The lowest BCUT2D eigenvalue weighted by Crippen LogP contribution is -2.36. The third kappa shape index (κ3) is 10.1. The third-order valence-electron chi connectivity index (χ3n) is 2.39. The first-order valence-corrected chi connectivity index (χ1v) is 5.86. The molecule has 0 aliphatic heterocycles. The van der Waals surface area contributed by atoms with Crippen molar-refractivity contribution in [3.63, 3.8) is 0 Å². The van der Waals surface area contributed by atoms with Crippen LogP contribution < -0.4 is 27.8 Å². The Bertz CT molecular complexity index is 116. The van der Waals surface area contributed by atoms with Gasteiger partial charge < -0.3 is 27.8 Å². The average molecular weight is 217 g/mol. The van der Waals surface area contributed by atoms with Crippen molar-refractivity contribution in [1.29, 1.82) is 0 Å². The summed E-state index contributed by atoms with van der Waals surface area (Å²) in [6.07, 6.45) is 2.26. The molecule has 0 aromatic rings. The fraction of sp³-hybridized carbons (Fsp3) is 1.00. The van der Waals surface area contributed by atoms with Gasteiger partial charge in [0.05, 0.1) is 0 Å². The maximum atomic E-state index is 5.53. The van der Waals surface area contributed by atoms with E-state index in [1.165, 1.54) is 0 Å². The summed E-state index contributed by atoms with van der Waals surface area (Å²) in [5.41, 5.74) is 16.5. The molecule has 15 heavy (non-hydrogen) atoms. The molecule has 0 aliphatic carbocycles. The Morgan fingerprint density at radius 1 is 0.800 bits per heavy atom. The number of nitrogens with one attached hydrogen (secondary N) is 2. The minimum atomic E-state index is 0.405. The molecular weight excluding hydrogens is 190 g/mol. The number of hydrogen-bond acceptors (Lipinski definition) is 5. The molecule has 0 radical (unpaired) electrons. The normalized spacial score (nSPS) is 11.2. The summed E-state index contributed by atoms with van der Waals surface area (Å²) in [6, 6.07) is 0. The molecule has 0 fully saturated rings. The molecule has 0 spiro atoms. The van der Waals surface area contributed by atoms with Gasteiger partial charge in [-0.2, -0.15) is 0 Å². The van der Waals surface area contributed by atoms with Crippen LogP contribution in [0.25, 0.3) is 0 Å². The van der Waals surface area contributed by atoms with Crippen molar-refractivity contribution < 1.29 is 0 Å². The predicted molar refractivity (Wildman–Crippen MR) is 65.6 cm³/mol. The minimum absolute atomic E-state index is 0.405. The van der Waals surface area contributed by atoms with E-state index in [1.54, 1.807) is 0 Å². The van der Waals surface area contributed by atoms with Crippen LogP contribution in [-0.2, 0) is 0 Å². The molecule has 8 N–H and O–H groups in total.